The summed E-state index contributed by atoms with van der Waals surface area (Å²) in [6.07, 6.45) is 0. The molecule has 4 aromatic rings. The molecule has 0 unspecified atom stereocenters. The molecule has 10 heteroatoms. The van der Waals surface area contributed by atoms with E-state index in [1.807, 2.05) is 36.6 Å². The molecule has 0 aliphatic rings. The number of sulfonamides is 1. The van der Waals surface area contributed by atoms with E-state index in [0.717, 1.165) is 14.7 Å². The summed E-state index contributed by atoms with van der Waals surface area (Å²) in [7, 11) is -2.54. The van der Waals surface area contributed by atoms with Gasteiger partial charge in [-0.25, -0.2) is 13.4 Å². The van der Waals surface area contributed by atoms with Gasteiger partial charge in [-0.05, 0) is 42.6 Å². The Kier molecular flexibility index (Phi) is 6.73. The molecule has 0 spiro atoms. The number of pyridine rings is 1. The number of aryl methyl sites for hydroxylation is 1. The number of carbonyl (C=O) groups excluding carboxylic acids is 2. The quantitative estimate of drug-likeness (QED) is 0.400. The van der Waals surface area contributed by atoms with E-state index in [4.69, 9.17) is 0 Å². The monoisotopic (exact) mass is 494 g/mol. The second kappa shape index (κ2) is 9.72. The summed E-state index contributed by atoms with van der Waals surface area (Å²) >= 11 is 1.50. The zero-order valence-electron chi connectivity index (χ0n) is 18.5. The number of fused-ring (bicyclic) bond motifs is 1. The molecule has 2 N–H and O–H groups in total. The Labute approximate surface area is 201 Å². The minimum atomic E-state index is -3.85. The molecule has 34 heavy (non-hydrogen) atoms. The van der Waals surface area contributed by atoms with Crippen molar-refractivity contribution in [3.05, 3.63) is 83.2 Å². The largest absolute Gasteiger partial charge is 0.272 e. The second-order valence-corrected chi connectivity index (χ2v) is 10.6. The van der Waals surface area contributed by atoms with Gasteiger partial charge in [0.2, 0.25) is 10.0 Å². The first-order valence-electron chi connectivity index (χ1n) is 10.3. The SMILES string of the molecule is Cc1ccc(S(=O)(=O)N(C)CC(=O)NNC(=O)c2cc(-c3cccs3)nc3ccccc23)cc1. The predicted molar refractivity (Wildman–Crippen MR) is 132 cm³/mol. The Balaban J connectivity index is 1.47. The van der Waals surface area contributed by atoms with Crippen molar-refractivity contribution in [1.82, 2.24) is 20.1 Å². The van der Waals surface area contributed by atoms with Crippen LogP contribution in [0, 0.1) is 6.92 Å². The van der Waals surface area contributed by atoms with Gasteiger partial charge < -0.3 is 0 Å². The first-order valence-corrected chi connectivity index (χ1v) is 12.6. The molecular formula is C24H22N4O4S2. The molecule has 2 amide bonds. The van der Waals surface area contributed by atoms with E-state index in [1.54, 1.807) is 30.3 Å². The van der Waals surface area contributed by atoms with Crippen molar-refractivity contribution < 1.29 is 18.0 Å². The van der Waals surface area contributed by atoms with Crippen LogP contribution in [0.2, 0.25) is 0 Å². The van der Waals surface area contributed by atoms with Gasteiger partial charge in [-0.1, -0.05) is 42.0 Å². The maximum absolute atomic E-state index is 12.9. The Morgan fingerprint density at radius 2 is 1.74 bits per heavy atom. The molecule has 0 bridgehead atoms. The molecule has 4 rings (SSSR count). The number of benzene rings is 2. The van der Waals surface area contributed by atoms with Crippen LogP contribution in [0.15, 0.2) is 77.0 Å². The molecule has 0 atom stereocenters. The van der Waals surface area contributed by atoms with Crippen LogP contribution in [0.25, 0.3) is 21.5 Å². The average molecular weight is 495 g/mol. The molecule has 0 radical (unpaired) electrons. The summed E-state index contributed by atoms with van der Waals surface area (Å²) in [5.74, 6) is -1.21. The van der Waals surface area contributed by atoms with Crippen LogP contribution in [0.3, 0.4) is 0 Å². The fourth-order valence-electron chi connectivity index (χ4n) is 3.32. The summed E-state index contributed by atoms with van der Waals surface area (Å²) in [5.41, 5.74) is 7.25. The summed E-state index contributed by atoms with van der Waals surface area (Å²) in [4.78, 5) is 31.0. The summed E-state index contributed by atoms with van der Waals surface area (Å²) in [6, 6.07) is 19.1. The number of likely N-dealkylation sites (N-methyl/N-ethyl adjacent to an activating group) is 1. The molecule has 0 aliphatic carbocycles. The lowest BCUT2D eigenvalue weighted by molar-refractivity contribution is -0.121. The third kappa shape index (κ3) is 4.98. The van der Waals surface area contributed by atoms with Crippen LogP contribution in [-0.4, -0.2) is 43.1 Å². The lowest BCUT2D eigenvalue weighted by Crippen LogP contribution is -2.46. The van der Waals surface area contributed by atoms with Crippen molar-refractivity contribution in [3.63, 3.8) is 0 Å². The summed E-state index contributed by atoms with van der Waals surface area (Å²) < 4.78 is 26.3. The molecule has 0 saturated heterocycles. The number of aromatic nitrogens is 1. The van der Waals surface area contributed by atoms with E-state index in [1.165, 1.54) is 30.5 Å². The van der Waals surface area contributed by atoms with E-state index in [2.05, 4.69) is 15.8 Å². The lowest BCUT2D eigenvalue weighted by atomic mass is 10.1. The number of thiophene rings is 1. The number of hydrogen-bond donors (Lipinski definition) is 2. The highest BCUT2D eigenvalue weighted by atomic mass is 32.2. The van der Waals surface area contributed by atoms with Crippen molar-refractivity contribution in [1.29, 1.82) is 0 Å². The number of hydrazine groups is 1. The fraction of sp³-hybridized carbons (Fsp3) is 0.125. The van der Waals surface area contributed by atoms with Crippen molar-refractivity contribution in [2.45, 2.75) is 11.8 Å². The molecule has 2 aromatic carbocycles. The van der Waals surface area contributed by atoms with Crippen molar-refractivity contribution in [2.75, 3.05) is 13.6 Å². The Morgan fingerprint density at radius 1 is 1.00 bits per heavy atom. The first-order chi connectivity index (χ1) is 16.3. The van der Waals surface area contributed by atoms with Gasteiger partial charge in [0.25, 0.3) is 11.8 Å². The molecule has 0 aliphatic heterocycles. The van der Waals surface area contributed by atoms with Gasteiger partial charge in [-0.2, -0.15) is 4.31 Å². The lowest BCUT2D eigenvalue weighted by Gasteiger charge is -2.17. The maximum atomic E-state index is 12.9. The van der Waals surface area contributed by atoms with E-state index in [9.17, 15) is 18.0 Å². The number of nitrogens with one attached hydrogen (secondary N) is 2. The van der Waals surface area contributed by atoms with Crippen molar-refractivity contribution in [2.24, 2.45) is 0 Å². The molecule has 8 nitrogen and oxygen atoms in total. The van der Waals surface area contributed by atoms with Gasteiger partial charge >= 0.3 is 0 Å². The molecule has 0 saturated carbocycles. The normalized spacial score (nSPS) is 11.5. The Hall–Kier alpha value is -3.60. The smallest absolute Gasteiger partial charge is 0.270 e. The number of para-hydroxylation sites is 1. The van der Waals surface area contributed by atoms with E-state index < -0.39 is 28.4 Å². The number of amides is 2. The predicted octanol–water partition coefficient (Wildman–Crippen LogP) is 3.35. The van der Waals surface area contributed by atoms with Crippen molar-refractivity contribution in [3.8, 4) is 10.6 Å². The highest BCUT2D eigenvalue weighted by Gasteiger charge is 2.23. The van der Waals surface area contributed by atoms with E-state index in [0.29, 0.717) is 22.2 Å². The van der Waals surface area contributed by atoms with Gasteiger partial charge in [0.15, 0.2) is 0 Å². The Bertz CT molecular complexity index is 1450. The standard InChI is InChI=1S/C24H22N4O4S2/c1-16-9-11-17(12-10-16)34(31,32)28(2)15-23(29)26-27-24(30)19-14-21(22-8-5-13-33-22)25-20-7-4-3-6-18(19)20/h3-14H,15H2,1-2H3,(H,26,29)(H,27,30). The second-order valence-electron chi connectivity index (χ2n) is 7.63. The molecule has 0 fully saturated rings. The van der Waals surface area contributed by atoms with Gasteiger partial charge in [0, 0.05) is 12.4 Å². The third-order valence-corrected chi connectivity index (χ3v) is 7.86. The minimum absolute atomic E-state index is 0.0850. The summed E-state index contributed by atoms with van der Waals surface area (Å²) in [5, 5.41) is 2.56. The molecule has 2 heterocycles. The zero-order valence-corrected chi connectivity index (χ0v) is 20.1. The van der Waals surface area contributed by atoms with Crippen LogP contribution in [0.4, 0.5) is 0 Å². The first kappa shape index (κ1) is 23.6. The van der Waals surface area contributed by atoms with Gasteiger partial charge in [-0.15, -0.1) is 11.3 Å². The highest BCUT2D eigenvalue weighted by Crippen LogP contribution is 2.27. The van der Waals surface area contributed by atoms with Gasteiger partial charge in [0.05, 0.1) is 33.1 Å². The molecule has 2 aromatic heterocycles. The Morgan fingerprint density at radius 3 is 2.44 bits per heavy atom. The summed E-state index contributed by atoms with van der Waals surface area (Å²) in [6.45, 7) is 1.39. The van der Waals surface area contributed by atoms with Crippen molar-refractivity contribution >= 4 is 44.1 Å². The van der Waals surface area contributed by atoms with E-state index >= 15 is 0 Å². The topological polar surface area (TPSA) is 108 Å². The maximum Gasteiger partial charge on any atom is 0.270 e. The number of hydrogen-bond acceptors (Lipinski definition) is 6. The van der Waals surface area contributed by atoms with Crippen LogP contribution in [-0.2, 0) is 14.8 Å². The third-order valence-electron chi connectivity index (χ3n) is 5.15. The van der Waals surface area contributed by atoms with Crippen LogP contribution in [0.5, 0.6) is 0 Å². The van der Waals surface area contributed by atoms with Crippen LogP contribution >= 0.6 is 11.3 Å². The number of carbonyl (C=O) groups is 2. The fourth-order valence-corrected chi connectivity index (χ4v) is 5.14. The van der Waals surface area contributed by atoms with Crippen LogP contribution < -0.4 is 10.9 Å². The van der Waals surface area contributed by atoms with Crippen LogP contribution in [0.1, 0.15) is 15.9 Å². The number of rotatable bonds is 6. The molecular weight excluding hydrogens is 472 g/mol. The highest BCUT2D eigenvalue weighted by molar-refractivity contribution is 7.89. The van der Waals surface area contributed by atoms with E-state index in [-0.39, 0.29) is 4.90 Å². The molecule has 174 valence electrons. The minimum Gasteiger partial charge on any atom is -0.272 e. The van der Waals surface area contributed by atoms with Gasteiger partial charge in [0.1, 0.15) is 0 Å². The average Bonchev–Trinajstić information content (AvgIpc) is 3.37. The zero-order chi connectivity index (χ0) is 24.3. The number of nitrogens with zero attached hydrogens (tertiary/aromatic N) is 2. The van der Waals surface area contributed by atoms with Gasteiger partial charge in [-0.3, -0.25) is 20.4 Å².